The first-order valence-electron chi connectivity index (χ1n) is 4.34. The smallest absolute Gasteiger partial charge is 0.341 e. The summed E-state index contributed by atoms with van der Waals surface area (Å²) in [5.41, 5.74) is 0. The molecule has 0 fully saturated rings. The summed E-state index contributed by atoms with van der Waals surface area (Å²) in [6, 6.07) is 2.97. The van der Waals surface area contributed by atoms with Gasteiger partial charge in [-0.25, -0.2) is 4.79 Å². The van der Waals surface area contributed by atoms with E-state index in [1.165, 1.54) is 26.4 Å². The van der Waals surface area contributed by atoms with Gasteiger partial charge >= 0.3 is 5.97 Å². The molecule has 1 N–H and O–H groups in total. The minimum Gasteiger partial charge on any atom is -0.493 e. The molecule has 0 saturated heterocycles. The molecule has 16 heavy (non-hydrogen) atoms. The van der Waals surface area contributed by atoms with Gasteiger partial charge < -0.3 is 19.3 Å². The number of carboxylic acid groups (broad SMARTS) is 1. The van der Waals surface area contributed by atoms with Crippen LogP contribution in [-0.4, -0.2) is 31.9 Å². The third kappa shape index (κ3) is 2.93. The van der Waals surface area contributed by atoms with Gasteiger partial charge in [0.1, 0.15) is 5.75 Å². The molecule has 0 amide bonds. The first-order valence-corrected chi connectivity index (χ1v) is 4.72. The molecule has 0 aromatic heterocycles. The van der Waals surface area contributed by atoms with Crippen molar-refractivity contribution in [3.63, 3.8) is 0 Å². The zero-order valence-electron chi connectivity index (χ0n) is 8.82. The predicted octanol–water partition coefficient (Wildman–Crippen LogP) is 1.82. The zero-order valence-corrected chi connectivity index (χ0v) is 9.58. The molecular weight excluding hydrogens is 236 g/mol. The number of methoxy groups -OCH3 is 2. The maximum atomic E-state index is 10.3. The van der Waals surface area contributed by atoms with Crippen molar-refractivity contribution in [2.45, 2.75) is 0 Å². The van der Waals surface area contributed by atoms with Crippen molar-refractivity contribution >= 4 is 17.6 Å². The summed E-state index contributed by atoms with van der Waals surface area (Å²) in [5.74, 6) is 0.0371. The Morgan fingerprint density at radius 3 is 2.31 bits per heavy atom. The summed E-state index contributed by atoms with van der Waals surface area (Å²) in [4.78, 5) is 10.3. The lowest BCUT2D eigenvalue weighted by Gasteiger charge is -2.11. The van der Waals surface area contributed by atoms with Crippen LogP contribution in [0.25, 0.3) is 0 Å². The number of carboxylic acids is 1. The average molecular weight is 247 g/mol. The largest absolute Gasteiger partial charge is 0.493 e. The second kappa shape index (κ2) is 5.46. The van der Waals surface area contributed by atoms with Crippen LogP contribution in [-0.2, 0) is 4.79 Å². The van der Waals surface area contributed by atoms with Gasteiger partial charge in [-0.1, -0.05) is 11.6 Å². The second-order valence-corrected chi connectivity index (χ2v) is 3.23. The Labute approximate surface area is 97.5 Å². The summed E-state index contributed by atoms with van der Waals surface area (Å²) >= 11 is 5.87. The van der Waals surface area contributed by atoms with Crippen LogP contribution in [0.2, 0.25) is 5.02 Å². The van der Waals surface area contributed by atoms with Gasteiger partial charge in [0.2, 0.25) is 0 Å². The van der Waals surface area contributed by atoms with E-state index in [1.54, 1.807) is 0 Å². The SMILES string of the molecule is COc1cc(Cl)c(OCC(=O)O)cc1OC. The molecule has 0 radical (unpaired) electrons. The van der Waals surface area contributed by atoms with Crippen molar-refractivity contribution in [1.29, 1.82) is 0 Å². The van der Waals surface area contributed by atoms with Gasteiger partial charge in [0.25, 0.3) is 0 Å². The van der Waals surface area contributed by atoms with Crippen molar-refractivity contribution in [3.05, 3.63) is 17.2 Å². The lowest BCUT2D eigenvalue weighted by Crippen LogP contribution is -2.09. The molecule has 0 unspecified atom stereocenters. The summed E-state index contributed by atoms with van der Waals surface area (Å²) in [6.45, 7) is -0.463. The Balaban J connectivity index is 2.96. The van der Waals surface area contributed by atoms with Gasteiger partial charge in [-0.2, -0.15) is 0 Å². The predicted molar refractivity (Wildman–Crippen MR) is 57.7 cm³/mol. The summed E-state index contributed by atoms with van der Waals surface area (Å²) in [7, 11) is 2.94. The van der Waals surface area contributed by atoms with Gasteiger partial charge in [0.15, 0.2) is 18.1 Å². The van der Waals surface area contributed by atoms with E-state index in [4.69, 9.17) is 30.9 Å². The van der Waals surface area contributed by atoms with Crippen LogP contribution in [0, 0.1) is 0 Å². The van der Waals surface area contributed by atoms with Gasteiger partial charge in [-0.3, -0.25) is 0 Å². The molecular formula is C10H11ClO5. The quantitative estimate of drug-likeness (QED) is 0.859. The van der Waals surface area contributed by atoms with Gasteiger partial charge in [0, 0.05) is 12.1 Å². The van der Waals surface area contributed by atoms with E-state index in [1.807, 2.05) is 0 Å². The number of ether oxygens (including phenoxy) is 3. The first-order chi connectivity index (χ1) is 7.58. The zero-order chi connectivity index (χ0) is 12.1. The second-order valence-electron chi connectivity index (χ2n) is 2.82. The molecule has 0 atom stereocenters. The molecule has 0 bridgehead atoms. The third-order valence-electron chi connectivity index (χ3n) is 1.79. The van der Waals surface area contributed by atoms with Gasteiger partial charge in [0.05, 0.1) is 19.2 Å². The number of carbonyl (C=O) groups is 1. The fourth-order valence-corrected chi connectivity index (χ4v) is 1.29. The molecule has 0 aliphatic carbocycles. The Hall–Kier alpha value is -1.62. The van der Waals surface area contributed by atoms with Crippen molar-refractivity contribution in [2.24, 2.45) is 0 Å². The van der Waals surface area contributed by atoms with Crippen LogP contribution in [0.1, 0.15) is 0 Å². The Kier molecular flexibility index (Phi) is 4.25. The molecule has 1 aromatic carbocycles. The number of hydrogen-bond acceptors (Lipinski definition) is 4. The molecule has 5 nitrogen and oxygen atoms in total. The summed E-state index contributed by atoms with van der Waals surface area (Å²) in [5, 5.41) is 8.73. The highest BCUT2D eigenvalue weighted by molar-refractivity contribution is 6.32. The van der Waals surface area contributed by atoms with Crippen molar-refractivity contribution in [2.75, 3.05) is 20.8 Å². The Morgan fingerprint density at radius 2 is 1.81 bits per heavy atom. The first kappa shape index (κ1) is 12.4. The van der Waals surface area contributed by atoms with E-state index in [0.717, 1.165) is 0 Å². The van der Waals surface area contributed by atoms with E-state index in [2.05, 4.69) is 0 Å². The molecule has 0 heterocycles. The van der Waals surface area contributed by atoms with Crippen LogP contribution >= 0.6 is 11.6 Å². The highest BCUT2D eigenvalue weighted by atomic mass is 35.5. The Morgan fingerprint density at radius 1 is 1.25 bits per heavy atom. The fourth-order valence-electron chi connectivity index (χ4n) is 1.09. The maximum Gasteiger partial charge on any atom is 0.341 e. The maximum absolute atomic E-state index is 10.3. The van der Waals surface area contributed by atoms with Crippen molar-refractivity contribution in [1.82, 2.24) is 0 Å². The van der Waals surface area contributed by atoms with E-state index in [9.17, 15) is 4.79 Å². The molecule has 88 valence electrons. The summed E-state index contributed by atoms with van der Waals surface area (Å²) < 4.78 is 15.0. The molecule has 1 rings (SSSR count). The molecule has 0 saturated carbocycles. The van der Waals surface area contributed by atoms with Crippen LogP contribution in [0.3, 0.4) is 0 Å². The highest BCUT2D eigenvalue weighted by Gasteiger charge is 2.11. The van der Waals surface area contributed by atoms with Crippen LogP contribution in [0.5, 0.6) is 17.2 Å². The standard InChI is InChI=1S/C10H11ClO5/c1-14-8-3-6(11)7(4-9(8)15-2)16-5-10(12)13/h3-4H,5H2,1-2H3,(H,12,13). The lowest BCUT2D eigenvalue weighted by molar-refractivity contribution is -0.139. The highest BCUT2D eigenvalue weighted by Crippen LogP contribution is 2.37. The van der Waals surface area contributed by atoms with Crippen LogP contribution in [0.15, 0.2) is 12.1 Å². The van der Waals surface area contributed by atoms with Crippen molar-refractivity contribution < 1.29 is 24.1 Å². The molecule has 1 aromatic rings. The topological polar surface area (TPSA) is 65.0 Å². The summed E-state index contributed by atoms with van der Waals surface area (Å²) in [6.07, 6.45) is 0. The Bertz CT molecular complexity index is 391. The van der Waals surface area contributed by atoms with Crippen molar-refractivity contribution in [3.8, 4) is 17.2 Å². The van der Waals surface area contributed by atoms with Gasteiger partial charge in [-0.05, 0) is 0 Å². The number of benzene rings is 1. The number of aliphatic carboxylic acids is 1. The van der Waals surface area contributed by atoms with E-state index in [-0.39, 0.29) is 10.8 Å². The van der Waals surface area contributed by atoms with Crippen LogP contribution < -0.4 is 14.2 Å². The minimum absolute atomic E-state index is 0.238. The molecule has 0 spiro atoms. The van der Waals surface area contributed by atoms with E-state index >= 15 is 0 Å². The van der Waals surface area contributed by atoms with Gasteiger partial charge in [-0.15, -0.1) is 0 Å². The molecule has 0 aliphatic heterocycles. The van der Waals surface area contributed by atoms with E-state index in [0.29, 0.717) is 11.5 Å². The van der Waals surface area contributed by atoms with E-state index < -0.39 is 12.6 Å². The minimum atomic E-state index is -1.08. The normalized spacial score (nSPS) is 9.69. The third-order valence-corrected chi connectivity index (χ3v) is 2.08. The molecule has 6 heteroatoms. The molecule has 0 aliphatic rings. The number of halogens is 1. The number of hydrogen-bond donors (Lipinski definition) is 1. The number of rotatable bonds is 5. The van der Waals surface area contributed by atoms with Crippen LogP contribution in [0.4, 0.5) is 0 Å². The monoisotopic (exact) mass is 246 g/mol. The lowest BCUT2D eigenvalue weighted by atomic mass is 10.3. The average Bonchev–Trinajstić information content (AvgIpc) is 2.26. The fraction of sp³-hybridized carbons (Fsp3) is 0.300.